The minimum Gasteiger partial charge on any atom is -0.485 e. The summed E-state index contributed by atoms with van der Waals surface area (Å²) < 4.78 is 12.2. The van der Waals surface area contributed by atoms with Crippen LogP contribution in [0.5, 0.6) is 11.5 Å². The van der Waals surface area contributed by atoms with Gasteiger partial charge in [0.05, 0.1) is 5.56 Å². The number of ether oxygens (including phenoxy) is 2. The second-order valence-corrected chi connectivity index (χ2v) is 7.99. The quantitative estimate of drug-likeness (QED) is 0.508. The molecule has 3 aromatic carbocycles. The van der Waals surface area contributed by atoms with Crippen molar-refractivity contribution in [2.45, 2.75) is 26.1 Å². The van der Waals surface area contributed by atoms with Crippen LogP contribution in [0.2, 0.25) is 0 Å². The van der Waals surface area contributed by atoms with Crippen molar-refractivity contribution in [3.63, 3.8) is 0 Å². The van der Waals surface area contributed by atoms with Crippen molar-refractivity contribution >= 4 is 5.91 Å². The summed E-state index contributed by atoms with van der Waals surface area (Å²) in [7, 11) is 0. The zero-order valence-electron chi connectivity index (χ0n) is 18.3. The normalized spacial score (nSPS) is 13.6. The predicted molar refractivity (Wildman–Crippen MR) is 126 cm³/mol. The Balaban J connectivity index is 1.48. The average molecular weight is 431 g/mol. The van der Waals surface area contributed by atoms with Gasteiger partial charge in [-0.2, -0.15) is 0 Å². The Morgan fingerprint density at radius 3 is 2.06 bits per heavy atom. The molecule has 0 atom stereocenters. The highest BCUT2D eigenvalue weighted by Gasteiger charge is 2.19. The van der Waals surface area contributed by atoms with E-state index >= 15 is 0 Å². The molecule has 1 fully saturated rings. The molecular formula is C27H30N2O3. The number of para-hydroxylation sites is 1. The molecule has 0 aromatic heterocycles. The zero-order chi connectivity index (χ0) is 22.0. The van der Waals surface area contributed by atoms with Gasteiger partial charge in [0.1, 0.15) is 13.2 Å². The predicted octanol–water partition coefficient (Wildman–Crippen LogP) is 4.67. The van der Waals surface area contributed by atoms with Crippen LogP contribution in [0.3, 0.4) is 0 Å². The number of benzene rings is 3. The second kappa shape index (κ2) is 11.3. The topological polar surface area (TPSA) is 50.8 Å². The highest BCUT2D eigenvalue weighted by atomic mass is 16.5. The lowest BCUT2D eigenvalue weighted by atomic mass is 10.1. The van der Waals surface area contributed by atoms with Crippen molar-refractivity contribution in [1.82, 2.24) is 10.2 Å². The van der Waals surface area contributed by atoms with Crippen molar-refractivity contribution in [2.75, 3.05) is 26.2 Å². The van der Waals surface area contributed by atoms with Gasteiger partial charge in [0.15, 0.2) is 11.5 Å². The van der Waals surface area contributed by atoms with Gasteiger partial charge in [0, 0.05) is 13.1 Å². The number of likely N-dealkylation sites (tertiary alicyclic amines) is 1. The Morgan fingerprint density at radius 2 is 1.41 bits per heavy atom. The summed E-state index contributed by atoms with van der Waals surface area (Å²) in [6.07, 6.45) is 2.48. The third-order valence-corrected chi connectivity index (χ3v) is 5.60. The molecule has 4 rings (SSSR count). The van der Waals surface area contributed by atoms with Crippen LogP contribution in [0.4, 0.5) is 0 Å². The maximum absolute atomic E-state index is 13.0. The SMILES string of the molecule is O=C(NCCN1CCCC1)c1cccc(OCc2ccccc2)c1OCc1ccccc1. The number of carbonyl (C=O) groups is 1. The van der Waals surface area contributed by atoms with Crippen LogP contribution in [0.15, 0.2) is 78.9 Å². The maximum Gasteiger partial charge on any atom is 0.255 e. The fourth-order valence-corrected chi connectivity index (χ4v) is 3.85. The van der Waals surface area contributed by atoms with Crippen molar-refractivity contribution < 1.29 is 14.3 Å². The second-order valence-electron chi connectivity index (χ2n) is 7.99. The van der Waals surface area contributed by atoms with E-state index in [1.165, 1.54) is 12.8 Å². The molecule has 0 aliphatic carbocycles. The molecule has 0 bridgehead atoms. The third kappa shape index (κ3) is 6.11. The molecule has 3 aromatic rings. The summed E-state index contributed by atoms with van der Waals surface area (Å²) in [6.45, 7) is 4.49. The minimum atomic E-state index is -0.141. The Morgan fingerprint density at radius 1 is 0.781 bits per heavy atom. The number of hydrogen-bond donors (Lipinski definition) is 1. The number of amides is 1. The van der Waals surface area contributed by atoms with E-state index in [-0.39, 0.29) is 5.91 Å². The highest BCUT2D eigenvalue weighted by Crippen LogP contribution is 2.33. The molecule has 1 saturated heterocycles. The van der Waals surface area contributed by atoms with Crippen molar-refractivity contribution in [2.24, 2.45) is 0 Å². The number of hydrogen-bond acceptors (Lipinski definition) is 4. The van der Waals surface area contributed by atoms with E-state index < -0.39 is 0 Å². The number of rotatable bonds is 10. The lowest BCUT2D eigenvalue weighted by Crippen LogP contribution is -2.33. The summed E-state index contributed by atoms with van der Waals surface area (Å²) in [5.74, 6) is 0.903. The van der Waals surface area contributed by atoms with Gasteiger partial charge in [-0.05, 0) is 49.2 Å². The van der Waals surface area contributed by atoms with Crippen molar-refractivity contribution in [1.29, 1.82) is 0 Å². The lowest BCUT2D eigenvalue weighted by molar-refractivity contribution is 0.0944. The van der Waals surface area contributed by atoms with E-state index in [1.54, 1.807) is 6.07 Å². The van der Waals surface area contributed by atoms with Crippen LogP contribution in [0.25, 0.3) is 0 Å². The van der Waals surface area contributed by atoms with E-state index in [0.29, 0.717) is 36.8 Å². The highest BCUT2D eigenvalue weighted by molar-refractivity contribution is 5.97. The van der Waals surface area contributed by atoms with Crippen LogP contribution in [0.1, 0.15) is 34.3 Å². The number of nitrogens with one attached hydrogen (secondary N) is 1. The molecule has 0 spiro atoms. The van der Waals surface area contributed by atoms with Crippen molar-refractivity contribution in [3.8, 4) is 11.5 Å². The van der Waals surface area contributed by atoms with E-state index in [9.17, 15) is 4.79 Å². The first kappa shape index (κ1) is 21.9. The molecule has 1 aliphatic rings. The standard InChI is InChI=1S/C27H30N2O3/c30-27(28-16-19-29-17-7-8-18-29)24-14-9-15-25(31-20-22-10-3-1-4-11-22)26(24)32-21-23-12-5-2-6-13-23/h1-6,9-15H,7-8,16-21H2,(H,28,30). The van der Waals surface area contributed by atoms with Crippen LogP contribution in [0, 0.1) is 0 Å². The van der Waals surface area contributed by atoms with Gasteiger partial charge < -0.3 is 19.7 Å². The number of nitrogens with zero attached hydrogens (tertiary/aromatic N) is 1. The van der Waals surface area contributed by atoms with Crippen LogP contribution in [-0.2, 0) is 13.2 Å². The molecule has 1 heterocycles. The summed E-state index contributed by atoms with van der Waals surface area (Å²) in [5.41, 5.74) is 2.58. The van der Waals surface area contributed by atoms with Gasteiger partial charge in [-0.1, -0.05) is 66.7 Å². The molecule has 1 N–H and O–H groups in total. The summed E-state index contributed by atoms with van der Waals surface area (Å²) >= 11 is 0. The fourth-order valence-electron chi connectivity index (χ4n) is 3.85. The Labute approximate surface area is 190 Å². The first-order chi connectivity index (χ1) is 15.8. The largest absolute Gasteiger partial charge is 0.485 e. The van der Waals surface area contributed by atoms with E-state index in [2.05, 4.69) is 10.2 Å². The molecule has 1 amide bonds. The van der Waals surface area contributed by atoms with E-state index in [1.807, 2.05) is 72.8 Å². The Hall–Kier alpha value is -3.31. The van der Waals surface area contributed by atoms with E-state index in [4.69, 9.17) is 9.47 Å². The smallest absolute Gasteiger partial charge is 0.255 e. The monoisotopic (exact) mass is 430 g/mol. The van der Waals surface area contributed by atoms with Gasteiger partial charge in [-0.25, -0.2) is 0 Å². The van der Waals surface area contributed by atoms with Crippen LogP contribution in [-0.4, -0.2) is 37.0 Å². The fraction of sp³-hybridized carbons (Fsp3) is 0.296. The molecule has 166 valence electrons. The van der Waals surface area contributed by atoms with Crippen molar-refractivity contribution in [3.05, 3.63) is 95.6 Å². The molecule has 0 unspecified atom stereocenters. The average Bonchev–Trinajstić information content (AvgIpc) is 3.36. The molecular weight excluding hydrogens is 400 g/mol. The lowest BCUT2D eigenvalue weighted by Gasteiger charge is -2.18. The van der Waals surface area contributed by atoms with Gasteiger partial charge >= 0.3 is 0 Å². The van der Waals surface area contributed by atoms with Gasteiger partial charge in [0.25, 0.3) is 5.91 Å². The first-order valence-electron chi connectivity index (χ1n) is 11.3. The summed E-state index contributed by atoms with van der Waals surface area (Å²) in [6, 6.07) is 25.4. The number of carbonyl (C=O) groups excluding carboxylic acids is 1. The van der Waals surface area contributed by atoms with Crippen LogP contribution < -0.4 is 14.8 Å². The Bertz CT molecular complexity index is 986. The van der Waals surface area contributed by atoms with Gasteiger partial charge in [0.2, 0.25) is 0 Å². The summed E-state index contributed by atoms with van der Waals surface area (Å²) in [5, 5.41) is 3.05. The molecule has 32 heavy (non-hydrogen) atoms. The minimum absolute atomic E-state index is 0.141. The van der Waals surface area contributed by atoms with Gasteiger partial charge in [-0.3, -0.25) is 4.79 Å². The van der Waals surface area contributed by atoms with Gasteiger partial charge in [-0.15, -0.1) is 0 Å². The zero-order valence-corrected chi connectivity index (χ0v) is 18.3. The molecule has 0 saturated carbocycles. The summed E-state index contributed by atoms with van der Waals surface area (Å²) in [4.78, 5) is 15.4. The third-order valence-electron chi connectivity index (χ3n) is 5.60. The molecule has 5 heteroatoms. The Kier molecular flexibility index (Phi) is 7.77. The van der Waals surface area contributed by atoms with Crippen LogP contribution >= 0.6 is 0 Å². The first-order valence-corrected chi connectivity index (χ1v) is 11.3. The van der Waals surface area contributed by atoms with E-state index in [0.717, 1.165) is 30.8 Å². The maximum atomic E-state index is 13.0. The molecule has 1 aliphatic heterocycles. The molecule has 5 nitrogen and oxygen atoms in total. The molecule has 0 radical (unpaired) electrons.